The van der Waals surface area contributed by atoms with E-state index in [-0.39, 0.29) is 17.2 Å². The Kier molecular flexibility index (Phi) is 8.46. The van der Waals surface area contributed by atoms with Gasteiger partial charge in [-0.2, -0.15) is 0 Å². The van der Waals surface area contributed by atoms with Crippen molar-refractivity contribution < 1.29 is 9.59 Å². The number of hydrogen-bond acceptors (Lipinski definition) is 3. The Labute approximate surface area is 123 Å². The number of likely N-dealkylation sites (N-methyl/N-ethyl adjacent to an activating group) is 1. The van der Waals surface area contributed by atoms with Gasteiger partial charge in [-0.15, -0.1) is 0 Å². The lowest BCUT2D eigenvalue weighted by molar-refractivity contribution is -0.135. The zero-order valence-electron chi connectivity index (χ0n) is 13.7. The number of amides is 2. The van der Waals surface area contributed by atoms with Gasteiger partial charge in [-0.05, 0) is 45.6 Å². The summed E-state index contributed by atoms with van der Waals surface area (Å²) < 4.78 is 0. The van der Waals surface area contributed by atoms with Gasteiger partial charge < -0.3 is 16.0 Å². The molecule has 5 nitrogen and oxygen atoms in total. The first-order chi connectivity index (χ1) is 9.27. The first-order valence-corrected chi connectivity index (χ1v) is 7.55. The molecule has 1 unspecified atom stereocenters. The molecular weight excluding hydrogens is 254 g/mol. The third kappa shape index (κ3) is 6.89. The molecule has 0 spiro atoms. The van der Waals surface area contributed by atoms with Crippen LogP contribution in [0.4, 0.5) is 0 Å². The van der Waals surface area contributed by atoms with Gasteiger partial charge in [-0.1, -0.05) is 13.8 Å². The van der Waals surface area contributed by atoms with Crippen LogP contribution in [0.3, 0.4) is 0 Å². The summed E-state index contributed by atoms with van der Waals surface area (Å²) in [7, 11) is 0. The van der Waals surface area contributed by atoms with Crippen molar-refractivity contribution in [2.45, 2.75) is 59.9 Å². The topological polar surface area (TPSA) is 75.4 Å². The molecule has 3 N–H and O–H groups in total. The molecule has 0 saturated carbocycles. The number of rotatable bonds is 9. The van der Waals surface area contributed by atoms with E-state index < -0.39 is 6.04 Å². The second-order valence-electron chi connectivity index (χ2n) is 6.00. The molecule has 2 amide bonds. The summed E-state index contributed by atoms with van der Waals surface area (Å²) in [6.45, 7) is 11.8. The van der Waals surface area contributed by atoms with Gasteiger partial charge in [0, 0.05) is 19.5 Å². The number of hydrogen-bond donors (Lipinski definition) is 2. The second kappa shape index (κ2) is 8.95. The smallest absolute Gasteiger partial charge is 0.244 e. The molecule has 0 heterocycles. The number of carbonyl (C=O) groups is 2. The van der Waals surface area contributed by atoms with Gasteiger partial charge in [0.2, 0.25) is 11.8 Å². The van der Waals surface area contributed by atoms with E-state index >= 15 is 0 Å². The quantitative estimate of drug-likeness (QED) is 0.674. The predicted molar refractivity (Wildman–Crippen MR) is 82.2 cm³/mol. The van der Waals surface area contributed by atoms with Crippen LogP contribution >= 0.6 is 0 Å². The molecule has 0 aliphatic heterocycles. The van der Waals surface area contributed by atoms with E-state index in [1.165, 1.54) is 0 Å². The highest BCUT2D eigenvalue weighted by Crippen LogP contribution is 2.25. The van der Waals surface area contributed by atoms with Crippen molar-refractivity contribution in [3.8, 4) is 0 Å². The van der Waals surface area contributed by atoms with Crippen molar-refractivity contribution in [3.05, 3.63) is 0 Å². The third-order valence-corrected chi connectivity index (χ3v) is 3.67. The van der Waals surface area contributed by atoms with Crippen LogP contribution in [-0.4, -0.2) is 42.4 Å². The minimum Gasteiger partial charge on any atom is -0.345 e. The van der Waals surface area contributed by atoms with Crippen molar-refractivity contribution in [2.24, 2.45) is 11.1 Å². The molecule has 0 aromatic rings. The van der Waals surface area contributed by atoms with Crippen molar-refractivity contribution in [1.82, 2.24) is 10.2 Å². The van der Waals surface area contributed by atoms with Crippen LogP contribution in [0.25, 0.3) is 0 Å². The zero-order chi connectivity index (χ0) is 15.8. The van der Waals surface area contributed by atoms with Crippen LogP contribution in [0, 0.1) is 5.41 Å². The number of carbonyl (C=O) groups excluding carboxylic acids is 2. The van der Waals surface area contributed by atoms with Gasteiger partial charge in [0.25, 0.3) is 0 Å². The molecule has 5 heteroatoms. The first kappa shape index (κ1) is 18.9. The van der Waals surface area contributed by atoms with Crippen LogP contribution in [-0.2, 0) is 9.59 Å². The fourth-order valence-corrected chi connectivity index (χ4v) is 2.15. The Balaban J connectivity index is 4.23. The van der Waals surface area contributed by atoms with E-state index in [2.05, 4.69) is 19.2 Å². The van der Waals surface area contributed by atoms with Gasteiger partial charge in [0.05, 0.1) is 0 Å². The molecule has 20 heavy (non-hydrogen) atoms. The number of nitrogens with two attached hydrogens (primary N) is 1. The van der Waals surface area contributed by atoms with Gasteiger partial charge >= 0.3 is 0 Å². The number of nitrogens with zero attached hydrogens (tertiary/aromatic N) is 1. The summed E-state index contributed by atoms with van der Waals surface area (Å²) in [6.07, 6.45) is 2.11. The van der Waals surface area contributed by atoms with Gasteiger partial charge in [-0.3, -0.25) is 9.59 Å². The molecule has 0 fully saturated rings. The summed E-state index contributed by atoms with van der Waals surface area (Å²) >= 11 is 0. The standard InChI is InChI=1S/C15H31N3O2/c1-6-18(7-2)14(20)12(3)17-13(19)8-9-15(4,5)10-11-16/h12H,6-11,16H2,1-5H3,(H,17,19). The monoisotopic (exact) mass is 285 g/mol. The van der Waals surface area contributed by atoms with Crippen molar-refractivity contribution in [3.63, 3.8) is 0 Å². The van der Waals surface area contributed by atoms with Crippen LogP contribution in [0.2, 0.25) is 0 Å². The molecular formula is C15H31N3O2. The van der Waals surface area contributed by atoms with Gasteiger partial charge in [-0.25, -0.2) is 0 Å². The van der Waals surface area contributed by atoms with Crippen LogP contribution in [0.15, 0.2) is 0 Å². The summed E-state index contributed by atoms with van der Waals surface area (Å²) in [5.41, 5.74) is 5.62. The van der Waals surface area contributed by atoms with Crippen molar-refractivity contribution >= 4 is 11.8 Å². The highest BCUT2D eigenvalue weighted by atomic mass is 16.2. The lowest BCUT2D eigenvalue weighted by Gasteiger charge is -2.25. The summed E-state index contributed by atoms with van der Waals surface area (Å²) in [6, 6.07) is -0.458. The van der Waals surface area contributed by atoms with E-state index in [1.54, 1.807) is 11.8 Å². The van der Waals surface area contributed by atoms with Gasteiger partial charge in [0.15, 0.2) is 0 Å². The zero-order valence-corrected chi connectivity index (χ0v) is 13.7. The van der Waals surface area contributed by atoms with Crippen LogP contribution in [0.5, 0.6) is 0 Å². The second-order valence-corrected chi connectivity index (χ2v) is 6.00. The lowest BCUT2D eigenvalue weighted by atomic mass is 9.84. The Bertz CT molecular complexity index is 312. The number of nitrogens with one attached hydrogen (secondary N) is 1. The molecule has 0 saturated heterocycles. The Morgan fingerprint density at radius 2 is 1.75 bits per heavy atom. The largest absolute Gasteiger partial charge is 0.345 e. The molecule has 1 atom stereocenters. The maximum atomic E-state index is 12.0. The van der Waals surface area contributed by atoms with Crippen molar-refractivity contribution in [2.75, 3.05) is 19.6 Å². The fourth-order valence-electron chi connectivity index (χ4n) is 2.15. The minimum absolute atomic E-state index is 0.0235. The normalized spacial score (nSPS) is 12.9. The molecule has 118 valence electrons. The van der Waals surface area contributed by atoms with Gasteiger partial charge in [0.1, 0.15) is 6.04 Å². The molecule has 0 radical (unpaired) electrons. The third-order valence-electron chi connectivity index (χ3n) is 3.67. The highest BCUT2D eigenvalue weighted by molar-refractivity contribution is 5.87. The summed E-state index contributed by atoms with van der Waals surface area (Å²) in [4.78, 5) is 25.7. The lowest BCUT2D eigenvalue weighted by Crippen LogP contribution is -2.46. The highest BCUT2D eigenvalue weighted by Gasteiger charge is 2.22. The Morgan fingerprint density at radius 1 is 1.20 bits per heavy atom. The first-order valence-electron chi connectivity index (χ1n) is 7.55. The molecule has 0 aliphatic carbocycles. The molecule has 0 rings (SSSR count). The predicted octanol–water partition coefficient (Wildman–Crippen LogP) is 1.51. The van der Waals surface area contributed by atoms with Crippen LogP contribution < -0.4 is 11.1 Å². The van der Waals surface area contributed by atoms with Crippen molar-refractivity contribution in [1.29, 1.82) is 0 Å². The maximum absolute atomic E-state index is 12.0. The molecule has 0 aliphatic rings. The molecule has 0 bridgehead atoms. The van der Waals surface area contributed by atoms with E-state index in [9.17, 15) is 9.59 Å². The Morgan fingerprint density at radius 3 is 2.20 bits per heavy atom. The van der Waals surface area contributed by atoms with E-state index in [0.717, 1.165) is 12.8 Å². The summed E-state index contributed by atoms with van der Waals surface area (Å²) in [5, 5.41) is 2.78. The maximum Gasteiger partial charge on any atom is 0.244 e. The minimum atomic E-state index is -0.458. The van der Waals surface area contributed by atoms with E-state index in [0.29, 0.717) is 26.1 Å². The average molecular weight is 285 g/mol. The van der Waals surface area contributed by atoms with E-state index in [4.69, 9.17) is 5.73 Å². The van der Waals surface area contributed by atoms with Crippen LogP contribution in [0.1, 0.15) is 53.9 Å². The fraction of sp³-hybridized carbons (Fsp3) is 0.867. The Hall–Kier alpha value is -1.10. The average Bonchev–Trinajstić information content (AvgIpc) is 2.37. The summed E-state index contributed by atoms with van der Waals surface area (Å²) in [5.74, 6) is -0.0901. The molecule has 0 aromatic carbocycles. The SMILES string of the molecule is CCN(CC)C(=O)C(C)NC(=O)CCC(C)(C)CCN. The van der Waals surface area contributed by atoms with E-state index in [1.807, 2.05) is 13.8 Å². The molecule has 0 aromatic heterocycles.